The summed E-state index contributed by atoms with van der Waals surface area (Å²) < 4.78 is 0. The van der Waals surface area contributed by atoms with Gasteiger partial charge >= 0.3 is 5.97 Å². The second-order valence-electron chi connectivity index (χ2n) is 1.26. The lowest BCUT2D eigenvalue weighted by atomic mass is 10.4. The Morgan fingerprint density at radius 3 is 2.00 bits per heavy atom. The minimum Gasteiger partial charge on any atom is -0.478 e. The summed E-state index contributed by atoms with van der Waals surface area (Å²) in [6, 6.07) is 0. The second kappa shape index (κ2) is 9.43. The van der Waals surface area contributed by atoms with Crippen molar-refractivity contribution in [1.82, 2.24) is 0 Å². The monoisotopic (exact) mass is 372 g/mol. The van der Waals surface area contributed by atoms with Crippen LogP contribution in [0.1, 0.15) is 0 Å². The van der Waals surface area contributed by atoms with Gasteiger partial charge in [0.2, 0.25) is 0 Å². The lowest BCUT2D eigenvalue weighted by molar-refractivity contribution is -0.131. The molecule has 0 aromatic rings. The first kappa shape index (κ1) is 16.8. The molecule has 62 valence electrons. The van der Waals surface area contributed by atoms with Crippen molar-refractivity contribution in [2.45, 2.75) is 0 Å². The molecule has 0 aromatic carbocycles. The molecule has 10 heavy (non-hydrogen) atoms. The minimum absolute atomic E-state index is 0. The fraction of sp³-hybridized carbons (Fsp3) is 0.250. The summed E-state index contributed by atoms with van der Waals surface area (Å²) in [5, 5.41) is 8.00. The van der Waals surface area contributed by atoms with Crippen LogP contribution >= 0.6 is 48.0 Å². The average Bonchev–Trinajstić information content (AvgIpc) is 1.65. The molecule has 0 saturated carbocycles. The molecule has 0 aromatic heterocycles. The molecule has 5 N–H and O–H groups in total. The van der Waals surface area contributed by atoms with E-state index in [9.17, 15) is 4.79 Å². The van der Waals surface area contributed by atoms with Crippen LogP contribution in [0.5, 0.6) is 0 Å². The number of rotatable bonds is 2. The van der Waals surface area contributed by atoms with Gasteiger partial charge in [0.05, 0.1) is 0 Å². The predicted molar refractivity (Wildman–Crippen MR) is 59.8 cm³/mol. The molecule has 0 heterocycles. The van der Waals surface area contributed by atoms with Crippen LogP contribution in [0.3, 0.4) is 0 Å². The number of carboxylic acid groups (broad SMARTS) is 1. The Hall–Kier alpha value is 0.430. The molecular formula is C4H10I2N2O2. The molecule has 0 unspecified atom stereocenters. The molecule has 0 aliphatic rings. The molecule has 0 saturated heterocycles. The molecule has 0 spiro atoms. The summed E-state index contributed by atoms with van der Waals surface area (Å²) >= 11 is 0. The number of carboxylic acids is 1. The predicted octanol–water partition coefficient (Wildman–Crippen LogP) is 0.108. The van der Waals surface area contributed by atoms with Gasteiger partial charge in [-0.3, -0.25) is 0 Å². The summed E-state index contributed by atoms with van der Waals surface area (Å²) in [4.78, 5) is 9.76. The molecule has 0 fully saturated rings. The zero-order valence-corrected chi connectivity index (χ0v) is 9.77. The fourth-order valence-electron chi connectivity index (χ4n) is 0.218. The first-order valence-electron chi connectivity index (χ1n) is 2.06. The van der Waals surface area contributed by atoms with Crippen LogP contribution in [0.25, 0.3) is 0 Å². The van der Waals surface area contributed by atoms with Crippen molar-refractivity contribution in [3.8, 4) is 0 Å². The zero-order valence-electron chi connectivity index (χ0n) is 5.11. The van der Waals surface area contributed by atoms with Gasteiger partial charge in [0.1, 0.15) is 0 Å². The smallest absolute Gasteiger partial charge is 0.330 e. The number of nitrogens with two attached hydrogens (primary N) is 2. The minimum atomic E-state index is -1.06. The summed E-state index contributed by atoms with van der Waals surface area (Å²) in [6.45, 7) is 0.0896. The molecule has 0 bridgehead atoms. The molecule has 0 rings (SSSR count). The van der Waals surface area contributed by atoms with E-state index in [1.165, 1.54) is 0 Å². The lowest BCUT2D eigenvalue weighted by Crippen LogP contribution is -2.12. The highest BCUT2D eigenvalue weighted by Crippen LogP contribution is 1.76. The Kier molecular flexibility index (Phi) is 15.8. The van der Waals surface area contributed by atoms with Gasteiger partial charge in [-0.25, -0.2) is 4.79 Å². The standard InChI is InChI=1S/C4H8N2O2.2HI/c5-2-3(6)1-4(7)8;;/h1H,2,5-6H2,(H,7,8);2*1H. The van der Waals surface area contributed by atoms with E-state index in [-0.39, 0.29) is 60.2 Å². The topological polar surface area (TPSA) is 89.3 Å². The van der Waals surface area contributed by atoms with Crippen LogP contribution in [0, 0.1) is 0 Å². The number of hydrogen-bond acceptors (Lipinski definition) is 3. The van der Waals surface area contributed by atoms with Gasteiger partial charge < -0.3 is 16.6 Å². The molecule has 0 atom stereocenters. The van der Waals surface area contributed by atoms with Crippen molar-refractivity contribution in [3.05, 3.63) is 11.8 Å². The Morgan fingerprint density at radius 1 is 1.50 bits per heavy atom. The van der Waals surface area contributed by atoms with Crippen molar-refractivity contribution in [3.63, 3.8) is 0 Å². The Balaban J connectivity index is -0.000000245. The van der Waals surface area contributed by atoms with Gasteiger partial charge in [-0.2, -0.15) is 0 Å². The third kappa shape index (κ3) is 11.3. The molecule has 0 aliphatic carbocycles. The summed E-state index contributed by atoms with van der Waals surface area (Å²) in [5.41, 5.74) is 10.2. The van der Waals surface area contributed by atoms with E-state index in [4.69, 9.17) is 16.6 Å². The van der Waals surface area contributed by atoms with E-state index in [0.29, 0.717) is 0 Å². The van der Waals surface area contributed by atoms with E-state index in [1.54, 1.807) is 0 Å². The summed E-state index contributed by atoms with van der Waals surface area (Å²) in [6.07, 6.45) is 0.875. The van der Waals surface area contributed by atoms with Crippen LogP contribution in [0.4, 0.5) is 0 Å². The van der Waals surface area contributed by atoms with Gasteiger partial charge in [-0.15, -0.1) is 48.0 Å². The average molecular weight is 372 g/mol. The third-order valence-electron chi connectivity index (χ3n) is 0.545. The third-order valence-corrected chi connectivity index (χ3v) is 0.545. The van der Waals surface area contributed by atoms with Gasteiger partial charge in [0.25, 0.3) is 0 Å². The highest BCUT2D eigenvalue weighted by Gasteiger charge is 1.88. The van der Waals surface area contributed by atoms with Gasteiger partial charge in [0, 0.05) is 18.3 Å². The molecular weight excluding hydrogens is 362 g/mol. The maximum absolute atomic E-state index is 9.76. The van der Waals surface area contributed by atoms with E-state index in [0.717, 1.165) is 6.08 Å². The van der Waals surface area contributed by atoms with E-state index < -0.39 is 5.97 Å². The Morgan fingerprint density at radius 2 is 1.90 bits per heavy atom. The van der Waals surface area contributed by atoms with E-state index >= 15 is 0 Å². The van der Waals surface area contributed by atoms with Gasteiger partial charge in [0.15, 0.2) is 0 Å². The van der Waals surface area contributed by atoms with Crippen LogP contribution in [-0.4, -0.2) is 17.6 Å². The first-order chi connectivity index (χ1) is 3.66. The molecule has 0 aliphatic heterocycles. The molecule has 6 heteroatoms. The Labute approximate surface area is 93.1 Å². The normalized spacial score (nSPS) is 9.10. The second-order valence-corrected chi connectivity index (χ2v) is 1.26. The maximum Gasteiger partial charge on any atom is 0.330 e. The number of hydrogen-bond donors (Lipinski definition) is 3. The van der Waals surface area contributed by atoms with Crippen LogP contribution < -0.4 is 11.5 Å². The van der Waals surface area contributed by atoms with Gasteiger partial charge in [-0.1, -0.05) is 0 Å². The largest absolute Gasteiger partial charge is 0.478 e. The van der Waals surface area contributed by atoms with Crippen LogP contribution in [0.2, 0.25) is 0 Å². The summed E-state index contributed by atoms with van der Waals surface area (Å²) in [7, 11) is 0. The van der Waals surface area contributed by atoms with Crippen LogP contribution in [-0.2, 0) is 4.79 Å². The zero-order chi connectivity index (χ0) is 6.57. The van der Waals surface area contributed by atoms with Crippen molar-refractivity contribution >= 4 is 53.9 Å². The highest BCUT2D eigenvalue weighted by atomic mass is 127. The molecule has 0 amide bonds. The van der Waals surface area contributed by atoms with Crippen molar-refractivity contribution in [2.24, 2.45) is 11.5 Å². The molecule has 0 radical (unpaired) electrons. The fourth-order valence-corrected chi connectivity index (χ4v) is 0.218. The number of aliphatic carboxylic acids is 1. The van der Waals surface area contributed by atoms with Crippen molar-refractivity contribution < 1.29 is 9.90 Å². The van der Waals surface area contributed by atoms with Crippen molar-refractivity contribution in [1.29, 1.82) is 0 Å². The number of carbonyl (C=O) groups is 1. The maximum atomic E-state index is 9.76. The van der Waals surface area contributed by atoms with Gasteiger partial charge in [-0.05, 0) is 0 Å². The van der Waals surface area contributed by atoms with E-state index in [1.807, 2.05) is 0 Å². The first-order valence-corrected chi connectivity index (χ1v) is 2.06. The lowest BCUT2D eigenvalue weighted by Gasteiger charge is -1.88. The van der Waals surface area contributed by atoms with Crippen molar-refractivity contribution in [2.75, 3.05) is 6.54 Å². The van der Waals surface area contributed by atoms with E-state index in [2.05, 4.69) is 0 Å². The Bertz CT molecular complexity index is 126. The highest BCUT2D eigenvalue weighted by molar-refractivity contribution is 14.0. The SMILES string of the molecule is I.I.NCC(N)=CC(=O)O. The molecule has 4 nitrogen and oxygen atoms in total. The number of halogens is 2. The quantitative estimate of drug-likeness (QED) is 0.474. The summed E-state index contributed by atoms with van der Waals surface area (Å²) in [5.74, 6) is -1.06. The van der Waals surface area contributed by atoms with Crippen LogP contribution in [0.15, 0.2) is 11.8 Å².